The van der Waals surface area contributed by atoms with Crippen molar-refractivity contribution in [3.63, 3.8) is 0 Å². The Morgan fingerprint density at radius 3 is 2.84 bits per heavy atom. The molecule has 0 saturated heterocycles. The van der Waals surface area contributed by atoms with Gasteiger partial charge in [-0.2, -0.15) is 0 Å². The molecule has 0 bridgehead atoms. The van der Waals surface area contributed by atoms with Gasteiger partial charge in [-0.15, -0.1) is 11.3 Å². The first-order chi connectivity index (χ1) is 15.5. The predicted octanol–water partition coefficient (Wildman–Crippen LogP) is 5.42. The number of nitrogens with two attached hydrogens (primary N) is 1. The van der Waals surface area contributed by atoms with Crippen LogP contribution in [0.4, 0.5) is 5.00 Å². The van der Waals surface area contributed by atoms with Gasteiger partial charge in [-0.25, -0.2) is 4.98 Å². The van der Waals surface area contributed by atoms with Gasteiger partial charge in [0.2, 0.25) is 0 Å². The highest BCUT2D eigenvalue weighted by Gasteiger charge is 2.28. The summed E-state index contributed by atoms with van der Waals surface area (Å²) in [5.74, 6) is 0.387. The minimum atomic E-state index is -0.497. The number of anilines is 1. The van der Waals surface area contributed by atoms with E-state index in [0.717, 1.165) is 41.5 Å². The summed E-state index contributed by atoms with van der Waals surface area (Å²) in [6.45, 7) is 2.19. The molecule has 1 aliphatic rings. The third kappa shape index (κ3) is 3.58. The average molecular weight is 446 g/mol. The Bertz CT molecular complexity index is 1320. The molecule has 0 fully saturated rings. The summed E-state index contributed by atoms with van der Waals surface area (Å²) in [7, 11) is 0. The second kappa shape index (κ2) is 8.24. The van der Waals surface area contributed by atoms with Crippen LogP contribution in [0.1, 0.15) is 50.9 Å². The third-order valence-electron chi connectivity index (χ3n) is 6.15. The number of pyridine rings is 1. The van der Waals surface area contributed by atoms with Crippen LogP contribution in [0.15, 0.2) is 53.1 Å². The van der Waals surface area contributed by atoms with Crippen molar-refractivity contribution < 1.29 is 14.0 Å². The van der Waals surface area contributed by atoms with Crippen molar-refractivity contribution in [2.75, 3.05) is 5.32 Å². The number of hydrogen-bond donors (Lipinski definition) is 2. The Hall–Kier alpha value is -3.45. The lowest BCUT2D eigenvalue weighted by Crippen LogP contribution is -2.20. The van der Waals surface area contributed by atoms with Gasteiger partial charge in [0.15, 0.2) is 5.76 Å². The fraction of sp³-hybridized carbons (Fsp3) is 0.240. The van der Waals surface area contributed by atoms with Crippen LogP contribution in [0.25, 0.3) is 22.4 Å². The molecule has 0 spiro atoms. The number of primary amides is 1. The molecule has 0 radical (unpaired) electrons. The molecule has 4 aromatic rings. The summed E-state index contributed by atoms with van der Waals surface area (Å²) in [4.78, 5) is 31.5. The summed E-state index contributed by atoms with van der Waals surface area (Å²) in [5, 5.41) is 4.25. The van der Waals surface area contributed by atoms with Crippen molar-refractivity contribution in [3.05, 3.63) is 70.3 Å². The fourth-order valence-electron chi connectivity index (χ4n) is 4.44. The van der Waals surface area contributed by atoms with E-state index in [4.69, 9.17) is 10.2 Å². The zero-order valence-corrected chi connectivity index (χ0v) is 18.5. The molecule has 7 heteroatoms. The number of amides is 2. The summed E-state index contributed by atoms with van der Waals surface area (Å²) in [5.41, 5.74) is 8.93. The number of fused-ring (bicyclic) bond motifs is 2. The van der Waals surface area contributed by atoms with Crippen LogP contribution in [0.5, 0.6) is 0 Å². The first kappa shape index (κ1) is 20.5. The molecule has 2 amide bonds. The Labute approximate surface area is 189 Å². The minimum Gasteiger partial charge on any atom is -0.463 e. The van der Waals surface area contributed by atoms with Crippen molar-refractivity contribution >= 4 is 39.1 Å². The van der Waals surface area contributed by atoms with Gasteiger partial charge < -0.3 is 15.5 Å². The molecule has 1 atom stereocenters. The van der Waals surface area contributed by atoms with Crippen LogP contribution in [0, 0.1) is 5.92 Å². The van der Waals surface area contributed by atoms with Gasteiger partial charge in [0.25, 0.3) is 11.8 Å². The quantitative estimate of drug-likeness (QED) is 0.428. The molecule has 5 rings (SSSR count). The van der Waals surface area contributed by atoms with Gasteiger partial charge in [-0.1, -0.05) is 31.5 Å². The fourth-order valence-corrected chi connectivity index (χ4v) is 5.80. The largest absolute Gasteiger partial charge is 0.463 e. The molecule has 1 unspecified atom stereocenters. The highest BCUT2D eigenvalue weighted by Crippen LogP contribution is 2.40. The zero-order valence-electron chi connectivity index (χ0n) is 17.7. The highest BCUT2D eigenvalue weighted by molar-refractivity contribution is 7.17. The van der Waals surface area contributed by atoms with Gasteiger partial charge in [0.05, 0.1) is 22.9 Å². The lowest BCUT2D eigenvalue weighted by molar-refractivity contribution is 0.1000. The summed E-state index contributed by atoms with van der Waals surface area (Å²) in [6, 6.07) is 12.8. The molecular formula is C25H23N3O3S. The van der Waals surface area contributed by atoms with Crippen LogP contribution in [0.2, 0.25) is 0 Å². The molecule has 3 aromatic heterocycles. The van der Waals surface area contributed by atoms with Crippen molar-refractivity contribution in [2.45, 2.75) is 32.6 Å². The number of nitrogens with zero attached hydrogens (tertiary/aromatic N) is 1. The maximum absolute atomic E-state index is 13.4. The molecule has 1 aromatic carbocycles. The van der Waals surface area contributed by atoms with E-state index < -0.39 is 5.91 Å². The van der Waals surface area contributed by atoms with Gasteiger partial charge in [-0.3, -0.25) is 9.59 Å². The SMILES string of the molecule is CCC1CCc2c(sc(NC(=O)c3cc(-c4ccco4)nc4ccccc34)c2C(N)=O)C1. The monoisotopic (exact) mass is 445 g/mol. The molecule has 3 heterocycles. The van der Waals surface area contributed by atoms with E-state index in [1.54, 1.807) is 24.5 Å². The number of rotatable bonds is 5. The molecular weight excluding hydrogens is 422 g/mol. The average Bonchev–Trinajstić information content (AvgIpc) is 3.45. The molecule has 0 saturated carbocycles. The highest BCUT2D eigenvalue weighted by atomic mass is 32.1. The van der Waals surface area contributed by atoms with Crippen LogP contribution in [-0.2, 0) is 12.8 Å². The van der Waals surface area contributed by atoms with E-state index in [1.807, 2.05) is 24.3 Å². The zero-order chi connectivity index (χ0) is 22.2. The van der Waals surface area contributed by atoms with Crippen LogP contribution in [-0.4, -0.2) is 16.8 Å². The molecule has 6 nitrogen and oxygen atoms in total. The van der Waals surface area contributed by atoms with Crippen molar-refractivity contribution in [1.29, 1.82) is 0 Å². The smallest absolute Gasteiger partial charge is 0.257 e. The second-order valence-electron chi connectivity index (χ2n) is 8.09. The number of furan rings is 1. The Kier molecular flexibility index (Phi) is 5.27. The number of para-hydroxylation sites is 1. The van der Waals surface area contributed by atoms with E-state index in [9.17, 15) is 9.59 Å². The number of carbonyl (C=O) groups is 2. The molecule has 0 aliphatic heterocycles. The number of hydrogen-bond acceptors (Lipinski definition) is 5. The van der Waals surface area contributed by atoms with Gasteiger partial charge in [-0.05, 0) is 55.0 Å². The minimum absolute atomic E-state index is 0.301. The number of aromatic nitrogens is 1. The van der Waals surface area contributed by atoms with E-state index >= 15 is 0 Å². The predicted molar refractivity (Wildman–Crippen MR) is 126 cm³/mol. The van der Waals surface area contributed by atoms with Gasteiger partial charge in [0, 0.05) is 10.3 Å². The topological polar surface area (TPSA) is 98.2 Å². The van der Waals surface area contributed by atoms with Crippen LogP contribution < -0.4 is 11.1 Å². The van der Waals surface area contributed by atoms with Crippen molar-refractivity contribution in [2.24, 2.45) is 11.7 Å². The van der Waals surface area contributed by atoms with Crippen LogP contribution >= 0.6 is 11.3 Å². The van der Waals surface area contributed by atoms with Gasteiger partial charge in [0.1, 0.15) is 10.7 Å². The van der Waals surface area contributed by atoms with E-state index in [-0.39, 0.29) is 5.91 Å². The Morgan fingerprint density at radius 2 is 2.09 bits per heavy atom. The number of thiophene rings is 1. The lowest BCUT2D eigenvalue weighted by Gasteiger charge is -2.20. The molecule has 162 valence electrons. The van der Waals surface area contributed by atoms with Crippen molar-refractivity contribution in [3.8, 4) is 11.5 Å². The first-order valence-corrected chi connectivity index (χ1v) is 11.6. The van der Waals surface area contributed by atoms with Crippen molar-refractivity contribution in [1.82, 2.24) is 4.98 Å². The molecule has 32 heavy (non-hydrogen) atoms. The maximum atomic E-state index is 13.4. The number of nitrogens with one attached hydrogen (secondary N) is 1. The standard InChI is InChI=1S/C25H23N3O3S/c1-2-14-9-10-16-21(12-14)32-25(22(16)23(26)29)28-24(30)17-13-19(20-8-5-11-31-20)27-18-7-4-3-6-15(17)18/h3-8,11,13-14H,2,9-10,12H2,1H3,(H2,26,29)(H,28,30). The first-order valence-electron chi connectivity index (χ1n) is 10.7. The third-order valence-corrected chi connectivity index (χ3v) is 7.32. The summed E-state index contributed by atoms with van der Waals surface area (Å²) < 4.78 is 5.49. The van der Waals surface area contributed by atoms with E-state index in [2.05, 4.69) is 17.2 Å². The normalized spacial score (nSPS) is 15.5. The molecule has 3 N–H and O–H groups in total. The summed E-state index contributed by atoms with van der Waals surface area (Å²) in [6.07, 6.45) is 5.45. The second-order valence-corrected chi connectivity index (χ2v) is 9.20. The summed E-state index contributed by atoms with van der Waals surface area (Å²) >= 11 is 1.47. The maximum Gasteiger partial charge on any atom is 0.257 e. The Morgan fingerprint density at radius 1 is 1.25 bits per heavy atom. The lowest BCUT2D eigenvalue weighted by atomic mass is 9.85. The van der Waals surface area contributed by atoms with E-state index in [1.165, 1.54) is 11.3 Å². The molecule has 1 aliphatic carbocycles. The number of carbonyl (C=O) groups excluding carboxylic acids is 2. The van der Waals surface area contributed by atoms with Crippen LogP contribution in [0.3, 0.4) is 0 Å². The number of benzene rings is 1. The Balaban J connectivity index is 1.56. The van der Waals surface area contributed by atoms with Gasteiger partial charge >= 0.3 is 0 Å². The van der Waals surface area contributed by atoms with E-state index in [0.29, 0.717) is 39.0 Å².